The molecule has 0 N–H and O–H groups in total. The van der Waals surface area contributed by atoms with Gasteiger partial charge in [0.1, 0.15) is 11.2 Å². The number of hydrogen-bond donors (Lipinski definition) is 0. The molecule has 0 amide bonds. The van der Waals surface area contributed by atoms with Gasteiger partial charge in [-0.3, -0.25) is 14.9 Å². The van der Waals surface area contributed by atoms with Gasteiger partial charge in [-0.2, -0.15) is 0 Å². The van der Waals surface area contributed by atoms with Gasteiger partial charge in [0, 0.05) is 11.3 Å². The minimum Gasteiger partial charge on any atom is -0.298 e. The molecule has 4 nitrogen and oxygen atoms in total. The van der Waals surface area contributed by atoms with Crippen molar-refractivity contribution in [2.75, 3.05) is 0 Å². The molecule has 122 valence electrons. The third kappa shape index (κ3) is 2.24. The molecule has 3 atom stereocenters. The lowest BCUT2D eigenvalue weighted by Crippen LogP contribution is -2.45. The third-order valence-corrected chi connectivity index (χ3v) is 4.82. The molecular formula is C19H16FNO3. The van der Waals surface area contributed by atoms with Crippen LogP contribution in [0.15, 0.2) is 67.3 Å². The van der Waals surface area contributed by atoms with Crippen molar-refractivity contribution < 1.29 is 14.1 Å². The van der Waals surface area contributed by atoms with Crippen LogP contribution in [0.4, 0.5) is 4.39 Å². The van der Waals surface area contributed by atoms with Crippen molar-refractivity contribution in [1.82, 2.24) is 0 Å². The van der Waals surface area contributed by atoms with Crippen LogP contribution < -0.4 is 0 Å². The molecule has 5 heteroatoms. The second-order valence-electron chi connectivity index (χ2n) is 5.92. The Labute approximate surface area is 138 Å². The molecule has 0 aromatic heterocycles. The van der Waals surface area contributed by atoms with Crippen molar-refractivity contribution in [1.29, 1.82) is 0 Å². The standard InChI is InChI=1S/C19H16FNO3/c1-2-19(13-8-4-3-5-9-13)17(22)12-15(18(19)21(23)24)14-10-6-7-11-16(14)20/h2-11,15,18H,1,12H2/t15-,18+,19+/m1/s1. The van der Waals surface area contributed by atoms with Crippen LogP contribution in [0.2, 0.25) is 0 Å². The number of carbonyl (C=O) groups is 1. The van der Waals surface area contributed by atoms with E-state index >= 15 is 0 Å². The molecule has 2 aromatic carbocycles. The van der Waals surface area contributed by atoms with Crippen LogP contribution in [-0.2, 0) is 10.2 Å². The van der Waals surface area contributed by atoms with E-state index in [0.29, 0.717) is 5.56 Å². The van der Waals surface area contributed by atoms with Crippen molar-refractivity contribution in [3.63, 3.8) is 0 Å². The zero-order valence-corrected chi connectivity index (χ0v) is 12.9. The summed E-state index contributed by atoms with van der Waals surface area (Å²) in [5.74, 6) is -1.67. The number of benzene rings is 2. The zero-order valence-electron chi connectivity index (χ0n) is 12.9. The fraction of sp³-hybridized carbons (Fsp3) is 0.211. The average molecular weight is 325 g/mol. The van der Waals surface area contributed by atoms with Crippen molar-refractivity contribution in [3.8, 4) is 0 Å². The summed E-state index contributed by atoms with van der Waals surface area (Å²) in [4.78, 5) is 24.2. The first-order valence-electron chi connectivity index (χ1n) is 7.62. The van der Waals surface area contributed by atoms with E-state index in [2.05, 4.69) is 6.58 Å². The summed E-state index contributed by atoms with van der Waals surface area (Å²) < 4.78 is 14.2. The quantitative estimate of drug-likeness (QED) is 0.490. The average Bonchev–Trinajstić information content (AvgIpc) is 2.89. The second kappa shape index (κ2) is 6.00. The number of nitrogens with zero attached hydrogens (tertiary/aromatic N) is 1. The van der Waals surface area contributed by atoms with Crippen LogP contribution in [0.5, 0.6) is 0 Å². The smallest absolute Gasteiger partial charge is 0.240 e. The Morgan fingerprint density at radius 3 is 2.38 bits per heavy atom. The molecule has 1 aliphatic carbocycles. The minimum atomic E-state index is -1.45. The Morgan fingerprint density at radius 1 is 1.17 bits per heavy atom. The Bertz CT molecular complexity index is 805. The molecule has 0 unspecified atom stereocenters. The highest BCUT2D eigenvalue weighted by atomic mass is 19.1. The van der Waals surface area contributed by atoms with Gasteiger partial charge in [0.05, 0.1) is 5.92 Å². The normalized spacial score (nSPS) is 26.3. The number of Topliss-reactive ketones (excluding diaryl/α,β-unsaturated/α-hetero) is 1. The topological polar surface area (TPSA) is 60.2 Å². The van der Waals surface area contributed by atoms with Gasteiger partial charge >= 0.3 is 0 Å². The molecule has 24 heavy (non-hydrogen) atoms. The maximum Gasteiger partial charge on any atom is 0.240 e. The van der Waals surface area contributed by atoms with Crippen molar-refractivity contribution in [2.45, 2.75) is 23.8 Å². The maximum atomic E-state index is 14.2. The van der Waals surface area contributed by atoms with Crippen LogP contribution in [0.25, 0.3) is 0 Å². The highest BCUT2D eigenvalue weighted by molar-refractivity contribution is 5.96. The predicted molar refractivity (Wildman–Crippen MR) is 87.9 cm³/mol. The van der Waals surface area contributed by atoms with Crippen LogP contribution in [0.1, 0.15) is 23.5 Å². The predicted octanol–water partition coefficient (Wildman–Crippen LogP) is 3.65. The summed E-state index contributed by atoms with van der Waals surface area (Å²) in [7, 11) is 0. The number of hydrogen-bond acceptors (Lipinski definition) is 3. The number of nitro groups is 1. The Morgan fingerprint density at radius 2 is 1.79 bits per heavy atom. The molecule has 2 aromatic rings. The molecule has 0 heterocycles. The lowest BCUT2D eigenvalue weighted by atomic mass is 9.73. The van der Waals surface area contributed by atoms with E-state index in [1.165, 1.54) is 24.3 Å². The fourth-order valence-electron chi connectivity index (χ4n) is 3.73. The first-order valence-corrected chi connectivity index (χ1v) is 7.62. The molecule has 1 fully saturated rings. The van der Waals surface area contributed by atoms with Crippen LogP contribution >= 0.6 is 0 Å². The molecule has 1 saturated carbocycles. The summed E-state index contributed by atoms with van der Waals surface area (Å²) in [6.45, 7) is 3.71. The van der Waals surface area contributed by atoms with Crippen molar-refractivity contribution in [2.24, 2.45) is 0 Å². The number of carbonyl (C=O) groups excluding carboxylic acids is 1. The number of ketones is 1. The van der Waals surface area contributed by atoms with Gasteiger partial charge in [0.25, 0.3) is 0 Å². The zero-order chi connectivity index (χ0) is 17.3. The van der Waals surface area contributed by atoms with Gasteiger partial charge in [-0.25, -0.2) is 4.39 Å². The van der Waals surface area contributed by atoms with Gasteiger partial charge in [0.2, 0.25) is 6.04 Å². The Kier molecular flexibility index (Phi) is 4.01. The van der Waals surface area contributed by atoms with E-state index in [4.69, 9.17) is 0 Å². The molecule has 0 radical (unpaired) electrons. The summed E-state index contributed by atoms with van der Waals surface area (Å²) >= 11 is 0. The number of halogens is 1. The van der Waals surface area contributed by atoms with Gasteiger partial charge in [-0.15, -0.1) is 6.58 Å². The lowest BCUT2D eigenvalue weighted by Gasteiger charge is -2.27. The summed E-state index contributed by atoms with van der Waals surface area (Å²) in [6, 6.07) is 13.2. The third-order valence-electron chi connectivity index (χ3n) is 4.82. The van der Waals surface area contributed by atoms with E-state index in [-0.39, 0.29) is 17.8 Å². The summed E-state index contributed by atoms with van der Waals surface area (Å²) in [5.41, 5.74) is -0.727. The van der Waals surface area contributed by atoms with E-state index in [0.717, 1.165) is 0 Å². The summed E-state index contributed by atoms with van der Waals surface area (Å²) in [6.07, 6.45) is 1.26. The molecule has 3 rings (SSSR count). The van der Waals surface area contributed by atoms with Crippen LogP contribution in [0, 0.1) is 15.9 Å². The molecule has 0 saturated heterocycles. The van der Waals surface area contributed by atoms with Crippen molar-refractivity contribution >= 4 is 5.78 Å². The first kappa shape index (κ1) is 16.1. The molecule has 0 bridgehead atoms. The second-order valence-corrected chi connectivity index (χ2v) is 5.92. The summed E-state index contributed by atoms with van der Waals surface area (Å²) in [5, 5.41) is 11.9. The fourth-order valence-corrected chi connectivity index (χ4v) is 3.73. The maximum absolute atomic E-state index is 14.2. The molecular weight excluding hydrogens is 309 g/mol. The molecule has 0 aliphatic heterocycles. The van der Waals surface area contributed by atoms with Crippen molar-refractivity contribution in [3.05, 3.63) is 94.3 Å². The first-order chi connectivity index (χ1) is 11.5. The highest BCUT2D eigenvalue weighted by Crippen LogP contribution is 2.48. The van der Waals surface area contributed by atoms with Crippen LogP contribution in [0.3, 0.4) is 0 Å². The van der Waals surface area contributed by atoms with E-state index in [9.17, 15) is 19.3 Å². The SMILES string of the molecule is C=C[C@]1(c2ccccc2)C(=O)C[C@H](c2ccccc2F)[C@@H]1[N+](=O)[O-]. The lowest BCUT2D eigenvalue weighted by molar-refractivity contribution is -0.530. The minimum absolute atomic E-state index is 0.0898. The Hall–Kier alpha value is -2.82. The highest BCUT2D eigenvalue weighted by Gasteiger charge is 2.62. The van der Waals surface area contributed by atoms with E-state index in [1.807, 2.05) is 0 Å². The van der Waals surface area contributed by atoms with Gasteiger partial charge in [-0.05, 0) is 17.2 Å². The van der Waals surface area contributed by atoms with Gasteiger partial charge < -0.3 is 0 Å². The monoisotopic (exact) mass is 325 g/mol. The Balaban J connectivity index is 2.20. The van der Waals surface area contributed by atoms with Gasteiger partial charge in [-0.1, -0.05) is 54.6 Å². The number of rotatable bonds is 4. The largest absolute Gasteiger partial charge is 0.298 e. The van der Waals surface area contributed by atoms with Crippen LogP contribution in [-0.4, -0.2) is 16.7 Å². The van der Waals surface area contributed by atoms with E-state index < -0.39 is 28.1 Å². The molecule has 0 spiro atoms. The van der Waals surface area contributed by atoms with E-state index in [1.54, 1.807) is 36.4 Å². The molecule has 1 aliphatic rings. The van der Waals surface area contributed by atoms with Gasteiger partial charge in [0.15, 0.2) is 5.78 Å².